The molecule has 32 heavy (non-hydrogen) atoms. The molecule has 1 aromatic heterocycles. The van der Waals surface area contributed by atoms with Gasteiger partial charge >= 0.3 is 0 Å². The van der Waals surface area contributed by atoms with Crippen LogP contribution < -0.4 is 20.1 Å². The Balaban J connectivity index is 1.56. The van der Waals surface area contributed by atoms with Crippen LogP contribution in [0.1, 0.15) is 29.1 Å². The molecule has 2 amide bonds. The molecule has 0 saturated carbocycles. The van der Waals surface area contributed by atoms with E-state index in [1.807, 2.05) is 6.92 Å². The zero-order chi connectivity index (χ0) is 23.1. The zero-order valence-electron chi connectivity index (χ0n) is 18.3. The van der Waals surface area contributed by atoms with Gasteiger partial charge in [-0.3, -0.25) is 9.59 Å². The number of amides is 2. The molecule has 0 radical (unpaired) electrons. The topological polar surface area (TPSA) is 107 Å². The molecule has 0 aliphatic carbocycles. The van der Waals surface area contributed by atoms with Crippen molar-refractivity contribution in [2.75, 3.05) is 25.3 Å². The summed E-state index contributed by atoms with van der Waals surface area (Å²) < 4.78 is 12.0. The van der Waals surface area contributed by atoms with Crippen LogP contribution in [0.15, 0.2) is 53.7 Å². The Morgan fingerprint density at radius 2 is 1.78 bits per heavy atom. The number of ether oxygens (including phenoxy) is 2. The van der Waals surface area contributed by atoms with Gasteiger partial charge < -0.3 is 24.7 Å². The van der Waals surface area contributed by atoms with Gasteiger partial charge in [0, 0.05) is 24.4 Å². The number of hydrogen-bond acceptors (Lipinski definition) is 7. The van der Waals surface area contributed by atoms with E-state index in [2.05, 4.69) is 20.8 Å². The first-order valence-electron chi connectivity index (χ1n) is 9.82. The van der Waals surface area contributed by atoms with Gasteiger partial charge in [-0.05, 0) is 43.3 Å². The van der Waals surface area contributed by atoms with E-state index in [4.69, 9.17) is 9.47 Å². The van der Waals surface area contributed by atoms with E-state index in [9.17, 15) is 9.59 Å². The standard InChI is InChI=1S/C22H25N5O4S/c1-14(23-21(29)15-8-10-17(30-3)11-9-15)20-25-26-22(27(20)2)32-13-19(28)24-16-6-5-7-18(12-16)31-4/h5-12,14H,13H2,1-4H3,(H,23,29)(H,24,28). The van der Waals surface area contributed by atoms with Gasteiger partial charge in [0.15, 0.2) is 11.0 Å². The number of rotatable bonds is 9. The van der Waals surface area contributed by atoms with Crippen LogP contribution in [0.4, 0.5) is 5.69 Å². The van der Waals surface area contributed by atoms with Crippen LogP contribution in [0.2, 0.25) is 0 Å². The number of thioether (sulfide) groups is 1. The fourth-order valence-corrected chi connectivity index (χ4v) is 3.66. The van der Waals surface area contributed by atoms with E-state index >= 15 is 0 Å². The zero-order valence-corrected chi connectivity index (χ0v) is 19.1. The van der Waals surface area contributed by atoms with Crippen LogP contribution in [0.3, 0.4) is 0 Å². The number of carbonyl (C=O) groups excluding carboxylic acids is 2. The molecule has 9 nitrogen and oxygen atoms in total. The average molecular weight is 456 g/mol. The molecule has 10 heteroatoms. The summed E-state index contributed by atoms with van der Waals surface area (Å²) in [5, 5.41) is 14.6. The van der Waals surface area contributed by atoms with Crippen molar-refractivity contribution in [1.29, 1.82) is 0 Å². The smallest absolute Gasteiger partial charge is 0.251 e. The highest BCUT2D eigenvalue weighted by molar-refractivity contribution is 7.99. The second-order valence-corrected chi connectivity index (χ2v) is 7.83. The van der Waals surface area contributed by atoms with Crippen LogP contribution in [0, 0.1) is 0 Å². The predicted octanol–water partition coefficient (Wildman–Crippen LogP) is 3.05. The molecule has 1 atom stereocenters. The molecule has 1 heterocycles. The minimum absolute atomic E-state index is 0.162. The molecule has 0 saturated heterocycles. The molecule has 0 fully saturated rings. The van der Waals surface area contributed by atoms with Crippen LogP contribution >= 0.6 is 11.8 Å². The van der Waals surface area contributed by atoms with Crippen molar-refractivity contribution in [2.24, 2.45) is 7.05 Å². The monoisotopic (exact) mass is 455 g/mol. The fraction of sp³-hybridized carbons (Fsp3) is 0.273. The van der Waals surface area contributed by atoms with Gasteiger partial charge in [0.1, 0.15) is 11.5 Å². The first-order valence-corrected chi connectivity index (χ1v) is 10.8. The molecule has 168 valence electrons. The lowest BCUT2D eigenvalue weighted by molar-refractivity contribution is -0.113. The third-order valence-electron chi connectivity index (χ3n) is 4.64. The largest absolute Gasteiger partial charge is 0.497 e. The second-order valence-electron chi connectivity index (χ2n) is 6.89. The Kier molecular flexibility index (Phi) is 7.72. The molecule has 3 rings (SSSR count). The molecule has 0 spiro atoms. The van der Waals surface area contributed by atoms with Gasteiger partial charge in [0.25, 0.3) is 5.91 Å². The van der Waals surface area contributed by atoms with Gasteiger partial charge in [0.05, 0.1) is 26.0 Å². The normalized spacial score (nSPS) is 11.5. The van der Waals surface area contributed by atoms with E-state index in [-0.39, 0.29) is 23.6 Å². The highest BCUT2D eigenvalue weighted by atomic mass is 32.2. The highest BCUT2D eigenvalue weighted by Crippen LogP contribution is 2.21. The Morgan fingerprint density at radius 3 is 2.47 bits per heavy atom. The fourth-order valence-electron chi connectivity index (χ4n) is 2.94. The van der Waals surface area contributed by atoms with Crippen molar-refractivity contribution in [3.05, 3.63) is 59.9 Å². The maximum atomic E-state index is 12.5. The van der Waals surface area contributed by atoms with Crippen LogP contribution in [-0.4, -0.2) is 46.6 Å². The SMILES string of the molecule is COc1ccc(C(=O)NC(C)c2nnc(SCC(=O)Nc3cccc(OC)c3)n2C)cc1. The van der Waals surface area contributed by atoms with Crippen LogP contribution in [-0.2, 0) is 11.8 Å². The van der Waals surface area contributed by atoms with Crippen molar-refractivity contribution in [2.45, 2.75) is 18.1 Å². The van der Waals surface area contributed by atoms with Gasteiger partial charge in [-0.15, -0.1) is 10.2 Å². The molecule has 0 aliphatic rings. The van der Waals surface area contributed by atoms with Crippen molar-refractivity contribution in [3.63, 3.8) is 0 Å². The summed E-state index contributed by atoms with van der Waals surface area (Å²) in [6.45, 7) is 1.83. The van der Waals surface area contributed by atoms with Gasteiger partial charge in [-0.2, -0.15) is 0 Å². The minimum Gasteiger partial charge on any atom is -0.497 e. The lowest BCUT2D eigenvalue weighted by Gasteiger charge is -2.14. The Bertz CT molecular complexity index is 1080. The van der Waals surface area contributed by atoms with E-state index in [0.29, 0.717) is 33.7 Å². The quantitative estimate of drug-likeness (QED) is 0.478. The number of methoxy groups -OCH3 is 2. The van der Waals surface area contributed by atoms with Gasteiger partial charge in [0.2, 0.25) is 5.91 Å². The summed E-state index contributed by atoms with van der Waals surface area (Å²) in [6.07, 6.45) is 0. The van der Waals surface area contributed by atoms with Crippen molar-refractivity contribution in [1.82, 2.24) is 20.1 Å². The van der Waals surface area contributed by atoms with Crippen molar-refractivity contribution < 1.29 is 19.1 Å². The maximum absolute atomic E-state index is 12.5. The van der Waals surface area contributed by atoms with Crippen LogP contribution in [0.25, 0.3) is 0 Å². The number of benzene rings is 2. The summed E-state index contributed by atoms with van der Waals surface area (Å²) in [5.41, 5.74) is 1.17. The highest BCUT2D eigenvalue weighted by Gasteiger charge is 2.19. The number of nitrogens with one attached hydrogen (secondary N) is 2. The minimum atomic E-state index is -0.373. The summed E-state index contributed by atoms with van der Waals surface area (Å²) in [6, 6.07) is 13.6. The number of hydrogen-bond donors (Lipinski definition) is 2. The van der Waals surface area contributed by atoms with Crippen LogP contribution in [0.5, 0.6) is 11.5 Å². The Labute approximate surface area is 190 Å². The Hall–Kier alpha value is -3.53. The number of nitrogens with zero attached hydrogens (tertiary/aromatic N) is 3. The molecule has 0 aliphatic heterocycles. The molecule has 3 aromatic rings. The number of anilines is 1. The molecular weight excluding hydrogens is 430 g/mol. The third-order valence-corrected chi connectivity index (χ3v) is 5.66. The predicted molar refractivity (Wildman–Crippen MR) is 122 cm³/mol. The second kappa shape index (κ2) is 10.7. The van der Waals surface area contributed by atoms with Gasteiger partial charge in [-0.1, -0.05) is 17.8 Å². The number of carbonyl (C=O) groups is 2. The molecule has 2 aromatic carbocycles. The summed E-state index contributed by atoms with van der Waals surface area (Å²) in [4.78, 5) is 24.8. The number of aromatic nitrogens is 3. The van der Waals surface area contributed by atoms with E-state index in [1.165, 1.54) is 11.8 Å². The Morgan fingerprint density at radius 1 is 1.06 bits per heavy atom. The average Bonchev–Trinajstić information content (AvgIpc) is 3.18. The van der Waals surface area contributed by atoms with Crippen molar-refractivity contribution in [3.8, 4) is 11.5 Å². The third kappa shape index (κ3) is 5.79. The van der Waals surface area contributed by atoms with Crippen molar-refractivity contribution >= 4 is 29.3 Å². The van der Waals surface area contributed by atoms with E-state index in [1.54, 1.807) is 74.4 Å². The molecule has 2 N–H and O–H groups in total. The first kappa shape index (κ1) is 23.1. The maximum Gasteiger partial charge on any atom is 0.251 e. The molecular formula is C22H25N5O4S. The first-order chi connectivity index (χ1) is 15.4. The summed E-state index contributed by atoms with van der Waals surface area (Å²) in [7, 11) is 4.94. The van der Waals surface area contributed by atoms with Gasteiger partial charge in [-0.25, -0.2) is 0 Å². The lowest BCUT2D eigenvalue weighted by atomic mass is 10.2. The van der Waals surface area contributed by atoms with E-state index < -0.39 is 0 Å². The summed E-state index contributed by atoms with van der Waals surface area (Å²) in [5.74, 6) is 1.70. The lowest BCUT2D eigenvalue weighted by Crippen LogP contribution is -2.28. The molecule has 1 unspecified atom stereocenters. The molecule has 0 bridgehead atoms. The van der Waals surface area contributed by atoms with E-state index in [0.717, 1.165) is 0 Å². The summed E-state index contributed by atoms with van der Waals surface area (Å²) >= 11 is 1.26.